The first-order valence-electron chi connectivity index (χ1n) is 8.14. The lowest BCUT2D eigenvalue weighted by Crippen LogP contribution is -2.51. The summed E-state index contributed by atoms with van der Waals surface area (Å²) >= 11 is 0. The molecule has 0 aromatic heterocycles. The molecule has 2 aliphatic rings. The molecular weight excluding hydrogens is 306 g/mol. The summed E-state index contributed by atoms with van der Waals surface area (Å²) in [5, 5.41) is 9.66. The van der Waals surface area contributed by atoms with E-state index >= 15 is 0 Å². The zero-order chi connectivity index (χ0) is 16.7. The Kier molecular flexibility index (Phi) is 3.56. The van der Waals surface area contributed by atoms with Crippen LogP contribution in [0, 0.1) is 0 Å². The molecule has 124 valence electrons. The Morgan fingerprint density at radius 2 is 1.88 bits per heavy atom. The molecule has 5 nitrogen and oxygen atoms in total. The molecule has 0 unspecified atom stereocenters. The largest absolute Gasteiger partial charge is 0.508 e. The Balaban J connectivity index is 1.54. The minimum Gasteiger partial charge on any atom is -0.508 e. The van der Waals surface area contributed by atoms with Gasteiger partial charge in [0.25, 0.3) is 5.91 Å². The Hall–Kier alpha value is -2.69. The van der Waals surface area contributed by atoms with Gasteiger partial charge in [-0.2, -0.15) is 0 Å². The number of hydrogen-bond donors (Lipinski definition) is 1. The van der Waals surface area contributed by atoms with Crippen molar-refractivity contribution in [3.05, 3.63) is 53.6 Å². The van der Waals surface area contributed by atoms with Crippen LogP contribution >= 0.6 is 0 Å². The second kappa shape index (κ2) is 5.74. The number of benzene rings is 2. The molecule has 24 heavy (non-hydrogen) atoms. The highest BCUT2D eigenvalue weighted by Crippen LogP contribution is 2.34. The zero-order valence-corrected chi connectivity index (χ0v) is 13.4. The molecule has 2 heterocycles. The molecule has 1 N–H and O–H groups in total. The Morgan fingerprint density at radius 1 is 1.12 bits per heavy atom. The van der Waals surface area contributed by atoms with E-state index in [1.54, 1.807) is 17.0 Å². The first-order valence-corrected chi connectivity index (χ1v) is 8.14. The Bertz CT molecular complexity index is 789. The summed E-state index contributed by atoms with van der Waals surface area (Å²) in [4.78, 5) is 14.7. The predicted octanol–water partition coefficient (Wildman–Crippen LogP) is 2.51. The molecule has 0 bridgehead atoms. The molecule has 0 saturated heterocycles. The number of nitrogens with zero attached hydrogens (tertiary/aromatic N) is 1. The van der Waals surface area contributed by atoms with Crippen LogP contribution in [0.25, 0.3) is 0 Å². The van der Waals surface area contributed by atoms with E-state index in [-0.39, 0.29) is 17.8 Å². The van der Waals surface area contributed by atoms with Gasteiger partial charge in [-0.3, -0.25) is 4.79 Å². The number of carbonyl (C=O) groups is 1. The zero-order valence-electron chi connectivity index (χ0n) is 13.4. The van der Waals surface area contributed by atoms with Gasteiger partial charge in [-0.25, -0.2) is 0 Å². The number of fused-ring (bicyclic) bond motifs is 2. The molecule has 2 aromatic rings. The summed E-state index contributed by atoms with van der Waals surface area (Å²) in [6.07, 6.45) is -0.225. The summed E-state index contributed by atoms with van der Waals surface area (Å²) in [6, 6.07) is 12.7. The van der Waals surface area contributed by atoms with Crippen molar-refractivity contribution in [3.63, 3.8) is 0 Å². The Labute approximate surface area is 140 Å². The lowest BCUT2D eigenvalue weighted by molar-refractivity contribution is -0.145. The minimum absolute atomic E-state index is 0.0778. The molecule has 0 saturated carbocycles. The molecule has 0 fully saturated rings. The maximum absolute atomic E-state index is 12.9. The van der Waals surface area contributed by atoms with Crippen molar-refractivity contribution in [1.29, 1.82) is 0 Å². The average molecular weight is 325 g/mol. The number of phenolic OH excluding ortho intramolecular Hbond substituents is 1. The highest BCUT2D eigenvalue weighted by Gasteiger charge is 2.37. The van der Waals surface area contributed by atoms with Gasteiger partial charge in [0, 0.05) is 13.1 Å². The molecule has 5 heteroatoms. The van der Waals surface area contributed by atoms with Crippen LogP contribution in [-0.4, -0.2) is 34.7 Å². The summed E-state index contributed by atoms with van der Waals surface area (Å²) in [5.41, 5.74) is 2.16. The van der Waals surface area contributed by atoms with E-state index in [4.69, 9.17) is 9.47 Å². The first-order chi connectivity index (χ1) is 11.6. The predicted molar refractivity (Wildman–Crippen MR) is 88.2 cm³/mol. The van der Waals surface area contributed by atoms with Crippen molar-refractivity contribution < 1.29 is 19.4 Å². The van der Waals surface area contributed by atoms with Crippen molar-refractivity contribution in [2.75, 3.05) is 6.54 Å². The van der Waals surface area contributed by atoms with Crippen LogP contribution in [0.4, 0.5) is 0 Å². The van der Waals surface area contributed by atoms with Crippen molar-refractivity contribution in [2.45, 2.75) is 32.1 Å². The van der Waals surface area contributed by atoms with Crippen LogP contribution < -0.4 is 9.47 Å². The number of amides is 1. The molecule has 1 amide bonds. The van der Waals surface area contributed by atoms with E-state index in [1.807, 2.05) is 37.3 Å². The van der Waals surface area contributed by atoms with Crippen LogP contribution in [0.1, 0.15) is 18.1 Å². The van der Waals surface area contributed by atoms with E-state index in [9.17, 15) is 9.90 Å². The Morgan fingerprint density at radius 3 is 2.67 bits per heavy atom. The molecule has 2 atom stereocenters. The van der Waals surface area contributed by atoms with E-state index in [1.165, 1.54) is 5.56 Å². The molecule has 0 radical (unpaired) electrons. The topological polar surface area (TPSA) is 59.0 Å². The van der Waals surface area contributed by atoms with Gasteiger partial charge in [-0.05, 0) is 48.7 Å². The smallest absolute Gasteiger partial charge is 0.267 e. The third-order valence-corrected chi connectivity index (χ3v) is 4.60. The quantitative estimate of drug-likeness (QED) is 0.875. The van der Waals surface area contributed by atoms with E-state index in [0.29, 0.717) is 24.6 Å². The summed E-state index contributed by atoms with van der Waals surface area (Å²) in [6.45, 7) is 2.98. The monoisotopic (exact) mass is 325 g/mol. The summed E-state index contributed by atoms with van der Waals surface area (Å²) < 4.78 is 11.7. The lowest BCUT2D eigenvalue weighted by atomic mass is 9.98. The average Bonchev–Trinajstić information content (AvgIpc) is 2.60. The maximum Gasteiger partial charge on any atom is 0.267 e. The number of ether oxygens (including phenoxy) is 2. The fraction of sp³-hybridized carbons (Fsp3) is 0.316. The van der Waals surface area contributed by atoms with Gasteiger partial charge in [0.1, 0.15) is 11.9 Å². The summed E-state index contributed by atoms with van der Waals surface area (Å²) in [7, 11) is 0. The van der Waals surface area contributed by atoms with Crippen molar-refractivity contribution in [3.8, 4) is 17.2 Å². The number of rotatable bonds is 1. The standard InChI is InChI=1S/C19H19NO4/c1-12-18(24-17-5-3-2-4-16(17)23-12)19(22)20-9-8-13-6-7-15(21)10-14(13)11-20/h2-7,10,12,18,21H,8-9,11H2,1H3/t12-,18-/m0/s1. The number of phenols is 1. The van der Waals surface area contributed by atoms with Gasteiger partial charge < -0.3 is 19.5 Å². The number of aromatic hydroxyl groups is 1. The van der Waals surface area contributed by atoms with Crippen molar-refractivity contribution in [2.24, 2.45) is 0 Å². The third-order valence-electron chi connectivity index (χ3n) is 4.60. The number of carbonyl (C=O) groups excluding carboxylic acids is 1. The molecule has 2 aliphatic heterocycles. The second-order valence-corrected chi connectivity index (χ2v) is 6.27. The molecule has 0 spiro atoms. The van der Waals surface area contributed by atoms with E-state index in [2.05, 4.69) is 0 Å². The fourth-order valence-electron chi connectivity index (χ4n) is 3.30. The van der Waals surface area contributed by atoms with Crippen LogP contribution in [0.3, 0.4) is 0 Å². The van der Waals surface area contributed by atoms with Crippen LogP contribution in [0.2, 0.25) is 0 Å². The number of hydrogen-bond acceptors (Lipinski definition) is 4. The molecule has 0 aliphatic carbocycles. The molecular formula is C19H19NO4. The normalized spacial score (nSPS) is 22.0. The van der Waals surface area contributed by atoms with Crippen LogP contribution in [0.5, 0.6) is 17.2 Å². The molecule has 4 rings (SSSR count). The lowest BCUT2D eigenvalue weighted by Gasteiger charge is -2.36. The van der Waals surface area contributed by atoms with Crippen LogP contribution in [-0.2, 0) is 17.8 Å². The van der Waals surface area contributed by atoms with Crippen molar-refractivity contribution in [1.82, 2.24) is 4.90 Å². The summed E-state index contributed by atoms with van der Waals surface area (Å²) in [5.74, 6) is 1.42. The van der Waals surface area contributed by atoms with E-state index < -0.39 is 6.10 Å². The van der Waals surface area contributed by atoms with E-state index in [0.717, 1.165) is 12.0 Å². The minimum atomic E-state index is -0.654. The van der Waals surface area contributed by atoms with Crippen molar-refractivity contribution >= 4 is 5.91 Å². The highest BCUT2D eigenvalue weighted by atomic mass is 16.6. The van der Waals surface area contributed by atoms with Gasteiger partial charge in [-0.15, -0.1) is 0 Å². The molecule has 2 aromatic carbocycles. The van der Waals surface area contributed by atoms with Gasteiger partial charge in [0.2, 0.25) is 6.10 Å². The third kappa shape index (κ3) is 2.56. The first kappa shape index (κ1) is 14.9. The highest BCUT2D eigenvalue weighted by molar-refractivity contribution is 5.82. The maximum atomic E-state index is 12.9. The van der Waals surface area contributed by atoms with Gasteiger partial charge >= 0.3 is 0 Å². The van der Waals surface area contributed by atoms with Gasteiger partial charge in [0.15, 0.2) is 11.5 Å². The number of para-hydroxylation sites is 2. The van der Waals surface area contributed by atoms with Gasteiger partial charge in [-0.1, -0.05) is 18.2 Å². The SMILES string of the molecule is C[C@@H]1Oc2ccccc2O[C@@H]1C(=O)N1CCc2ccc(O)cc2C1. The van der Waals surface area contributed by atoms with Crippen LogP contribution in [0.15, 0.2) is 42.5 Å². The fourth-order valence-corrected chi connectivity index (χ4v) is 3.30. The van der Waals surface area contributed by atoms with Gasteiger partial charge in [0.05, 0.1) is 0 Å². The second-order valence-electron chi connectivity index (χ2n) is 6.27.